The van der Waals surface area contributed by atoms with Crippen LogP contribution in [-0.2, 0) is 0 Å². The summed E-state index contributed by atoms with van der Waals surface area (Å²) >= 11 is 3.37. The van der Waals surface area contributed by atoms with Crippen LogP contribution in [0.3, 0.4) is 0 Å². The van der Waals surface area contributed by atoms with Gasteiger partial charge in [0.2, 0.25) is 0 Å². The predicted molar refractivity (Wildman–Crippen MR) is 62.8 cm³/mol. The fourth-order valence-corrected chi connectivity index (χ4v) is 2.16. The van der Waals surface area contributed by atoms with Crippen molar-refractivity contribution in [1.82, 2.24) is 0 Å². The third-order valence-electron chi connectivity index (χ3n) is 2.58. The molecule has 0 saturated carbocycles. The van der Waals surface area contributed by atoms with E-state index in [1.165, 1.54) is 5.56 Å². The molecule has 0 spiro atoms. The number of hydrogen-bond donors (Lipinski definition) is 2. The Bertz CT molecular complexity index is 350. The number of nitrogens with two attached hydrogens (primary N) is 1. The minimum Gasteiger partial charge on any atom is -0.507 e. The first-order valence-corrected chi connectivity index (χ1v) is 5.47. The first kappa shape index (κ1) is 11.5. The number of hydrogen-bond acceptors (Lipinski definition) is 2. The Morgan fingerprint density at radius 1 is 1.50 bits per heavy atom. The van der Waals surface area contributed by atoms with Crippen molar-refractivity contribution < 1.29 is 5.11 Å². The Balaban J connectivity index is 3.36. The number of aromatic hydroxyl groups is 1. The van der Waals surface area contributed by atoms with Gasteiger partial charge in [0.05, 0.1) is 4.47 Å². The molecule has 0 fully saturated rings. The number of benzene rings is 1. The van der Waals surface area contributed by atoms with Crippen LogP contribution >= 0.6 is 15.9 Å². The minimum atomic E-state index is 0.299. The summed E-state index contributed by atoms with van der Waals surface area (Å²) in [5, 5.41) is 9.58. The second-order valence-electron chi connectivity index (χ2n) is 3.70. The third kappa shape index (κ3) is 1.93. The Hall–Kier alpha value is -0.540. The molecule has 1 aromatic carbocycles. The summed E-state index contributed by atoms with van der Waals surface area (Å²) in [4.78, 5) is 0. The number of phenolic OH excluding ortho intramolecular Hbond substituents is 1. The molecule has 0 radical (unpaired) electrons. The quantitative estimate of drug-likeness (QED) is 0.856. The second-order valence-corrected chi connectivity index (χ2v) is 4.49. The number of halogens is 1. The Kier molecular flexibility index (Phi) is 3.56. The summed E-state index contributed by atoms with van der Waals surface area (Å²) in [6.07, 6.45) is 0. The highest BCUT2D eigenvalue weighted by Crippen LogP contribution is 2.35. The molecule has 2 nitrogen and oxygen atoms in total. The maximum atomic E-state index is 9.58. The molecule has 1 unspecified atom stereocenters. The maximum Gasteiger partial charge on any atom is 0.130 e. The van der Waals surface area contributed by atoms with Gasteiger partial charge in [-0.25, -0.2) is 0 Å². The molecule has 0 bridgehead atoms. The summed E-state index contributed by atoms with van der Waals surface area (Å²) in [5.74, 6) is 0.625. The van der Waals surface area contributed by atoms with Crippen LogP contribution in [0.4, 0.5) is 0 Å². The third-order valence-corrected chi connectivity index (χ3v) is 3.58. The number of aryl methyl sites for hydroxylation is 1. The van der Waals surface area contributed by atoms with E-state index in [1.54, 1.807) is 6.07 Å². The van der Waals surface area contributed by atoms with E-state index in [9.17, 15) is 5.11 Å². The topological polar surface area (TPSA) is 46.2 Å². The van der Waals surface area contributed by atoms with E-state index in [2.05, 4.69) is 22.9 Å². The molecule has 0 aliphatic rings. The molecule has 78 valence electrons. The van der Waals surface area contributed by atoms with Gasteiger partial charge in [0.1, 0.15) is 5.75 Å². The summed E-state index contributed by atoms with van der Waals surface area (Å²) in [5.41, 5.74) is 9.07. The first-order valence-electron chi connectivity index (χ1n) is 4.67. The van der Waals surface area contributed by atoms with E-state index in [-0.39, 0.29) is 0 Å². The molecule has 3 N–H and O–H groups in total. The van der Waals surface area contributed by atoms with Crippen molar-refractivity contribution in [3.8, 4) is 5.75 Å². The highest BCUT2D eigenvalue weighted by molar-refractivity contribution is 9.10. The predicted octanol–water partition coefficient (Wildman–Crippen LogP) is 2.83. The van der Waals surface area contributed by atoms with Crippen LogP contribution in [0.25, 0.3) is 0 Å². The van der Waals surface area contributed by atoms with Gasteiger partial charge in [-0.2, -0.15) is 0 Å². The second kappa shape index (κ2) is 4.32. The molecular formula is C11H16BrNO. The molecule has 0 aliphatic heterocycles. The lowest BCUT2D eigenvalue weighted by Gasteiger charge is -2.17. The summed E-state index contributed by atoms with van der Waals surface area (Å²) in [6.45, 7) is 6.72. The largest absolute Gasteiger partial charge is 0.507 e. The first-order chi connectivity index (χ1) is 6.49. The van der Waals surface area contributed by atoms with E-state index in [0.29, 0.717) is 18.2 Å². The molecule has 0 aromatic heterocycles. The van der Waals surface area contributed by atoms with Crippen molar-refractivity contribution in [2.45, 2.75) is 26.7 Å². The van der Waals surface area contributed by atoms with Crippen molar-refractivity contribution in [2.24, 2.45) is 5.73 Å². The van der Waals surface area contributed by atoms with Crippen molar-refractivity contribution in [1.29, 1.82) is 0 Å². The number of phenols is 1. The van der Waals surface area contributed by atoms with E-state index in [0.717, 1.165) is 15.6 Å². The molecule has 1 rings (SSSR count). The van der Waals surface area contributed by atoms with E-state index in [1.807, 2.05) is 13.8 Å². The van der Waals surface area contributed by atoms with Crippen LogP contribution in [0, 0.1) is 13.8 Å². The lowest BCUT2D eigenvalue weighted by Crippen LogP contribution is -2.11. The fraction of sp³-hybridized carbons (Fsp3) is 0.455. The molecule has 1 atom stereocenters. The van der Waals surface area contributed by atoms with Gasteiger partial charge in [-0.3, -0.25) is 0 Å². The smallest absolute Gasteiger partial charge is 0.130 e. The summed E-state index contributed by atoms with van der Waals surface area (Å²) in [6, 6.07) is 1.78. The molecule has 3 heteroatoms. The van der Waals surface area contributed by atoms with E-state index in [4.69, 9.17) is 5.73 Å². The van der Waals surface area contributed by atoms with Gasteiger partial charge in [0.25, 0.3) is 0 Å². The van der Waals surface area contributed by atoms with Crippen LogP contribution in [-0.4, -0.2) is 11.7 Å². The van der Waals surface area contributed by atoms with Gasteiger partial charge in [-0.15, -0.1) is 0 Å². The standard InChI is InChI=1S/C11H16BrNO/c1-6-4-9(14)11(12)8(3)10(6)7(2)5-13/h4,7,14H,5,13H2,1-3H3. The molecule has 0 heterocycles. The molecular weight excluding hydrogens is 242 g/mol. The highest BCUT2D eigenvalue weighted by atomic mass is 79.9. The van der Waals surface area contributed by atoms with Crippen LogP contribution < -0.4 is 5.73 Å². The number of rotatable bonds is 2. The summed E-state index contributed by atoms with van der Waals surface area (Å²) in [7, 11) is 0. The molecule has 0 saturated heterocycles. The Labute approximate surface area is 93.3 Å². The van der Waals surface area contributed by atoms with Gasteiger partial charge in [0.15, 0.2) is 0 Å². The van der Waals surface area contributed by atoms with Gasteiger partial charge < -0.3 is 10.8 Å². The molecule has 14 heavy (non-hydrogen) atoms. The summed E-state index contributed by atoms with van der Waals surface area (Å²) < 4.78 is 0.776. The van der Waals surface area contributed by atoms with Gasteiger partial charge in [-0.1, -0.05) is 6.92 Å². The normalized spacial score (nSPS) is 12.9. The zero-order chi connectivity index (χ0) is 10.9. The van der Waals surface area contributed by atoms with Crippen LogP contribution in [0.5, 0.6) is 5.75 Å². The van der Waals surface area contributed by atoms with Crippen LogP contribution in [0.2, 0.25) is 0 Å². The SMILES string of the molecule is Cc1cc(O)c(Br)c(C)c1C(C)CN. The fourth-order valence-electron chi connectivity index (χ4n) is 1.83. The zero-order valence-corrected chi connectivity index (χ0v) is 10.4. The van der Waals surface area contributed by atoms with Gasteiger partial charge >= 0.3 is 0 Å². The average molecular weight is 258 g/mol. The zero-order valence-electron chi connectivity index (χ0n) is 8.76. The van der Waals surface area contributed by atoms with Crippen molar-refractivity contribution >= 4 is 15.9 Å². The van der Waals surface area contributed by atoms with Crippen LogP contribution in [0.1, 0.15) is 29.5 Å². The van der Waals surface area contributed by atoms with Crippen molar-refractivity contribution in [3.63, 3.8) is 0 Å². The molecule has 1 aromatic rings. The van der Waals surface area contributed by atoms with E-state index >= 15 is 0 Å². The Morgan fingerprint density at radius 3 is 2.57 bits per heavy atom. The van der Waals surface area contributed by atoms with Gasteiger partial charge in [-0.05, 0) is 65.0 Å². The monoisotopic (exact) mass is 257 g/mol. The lowest BCUT2D eigenvalue weighted by atomic mass is 9.92. The molecule has 0 amide bonds. The van der Waals surface area contributed by atoms with Crippen molar-refractivity contribution in [2.75, 3.05) is 6.54 Å². The Morgan fingerprint density at radius 2 is 2.07 bits per heavy atom. The maximum absolute atomic E-state index is 9.58. The van der Waals surface area contributed by atoms with Gasteiger partial charge in [0, 0.05) is 0 Å². The minimum absolute atomic E-state index is 0.299. The molecule has 0 aliphatic carbocycles. The average Bonchev–Trinajstić information content (AvgIpc) is 2.14. The highest BCUT2D eigenvalue weighted by Gasteiger charge is 2.14. The van der Waals surface area contributed by atoms with E-state index < -0.39 is 0 Å². The van der Waals surface area contributed by atoms with Crippen molar-refractivity contribution in [3.05, 3.63) is 27.2 Å². The lowest BCUT2D eigenvalue weighted by molar-refractivity contribution is 0.470. The van der Waals surface area contributed by atoms with Crippen LogP contribution in [0.15, 0.2) is 10.5 Å².